The third-order valence-corrected chi connectivity index (χ3v) is 4.45. The van der Waals surface area contributed by atoms with Crippen molar-refractivity contribution in [3.05, 3.63) is 91.7 Å². The molecule has 0 fully saturated rings. The minimum atomic E-state index is -2.72. The average molecular weight is 407 g/mol. The predicted octanol–water partition coefficient (Wildman–Crippen LogP) is 0.712. The van der Waals surface area contributed by atoms with Crippen LogP contribution in [0.2, 0.25) is 5.02 Å². The molecule has 1 N–H and O–H groups in total. The topological polar surface area (TPSA) is 103 Å². The first-order valence-electron chi connectivity index (χ1n) is 7.85. The summed E-state index contributed by atoms with van der Waals surface area (Å²) >= 11 is 5.86. The van der Waals surface area contributed by atoms with Crippen LogP contribution < -0.4 is 16.0 Å². The van der Waals surface area contributed by atoms with Crippen LogP contribution >= 0.6 is 11.6 Å². The van der Waals surface area contributed by atoms with Gasteiger partial charge in [-0.25, -0.2) is 17.9 Å². The van der Waals surface area contributed by atoms with E-state index in [0.717, 1.165) is 21.0 Å². The van der Waals surface area contributed by atoms with E-state index in [0.29, 0.717) is 16.3 Å². The van der Waals surface area contributed by atoms with Crippen LogP contribution in [-0.2, 0) is 24.0 Å². The van der Waals surface area contributed by atoms with Crippen molar-refractivity contribution in [2.75, 3.05) is 0 Å². The van der Waals surface area contributed by atoms with Crippen molar-refractivity contribution in [3.63, 3.8) is 0 Å². The van der Waals surface area contributed by atoms with Gasteiger partial charge in [0.25, 0.3) is 5.56 Å². The highest BCUT2D eigenvalue weighted by Gasteiger charge is 2.10. The Bertz CT molecular complexity index is 1140. The SMILES string of the molecule is O=c1cnn(-c2cccc(CN[SH](=O)=O)c2)c(=O)n1Cc1ccc(Cl)cc1. The highest BCUT2D eigenvalue weighted by molar-refractivity contribution is 7.70. The molecule has 0 aliphatic carbocycles. The molecule has 0 bridgehead atoms. The summed E-state index contributed by atoms with van der Waals surface area (Å²) in [6.45, 7) is 0.168. The van der Waals surface area contributed by atoms with Crippen molar-refractivity contribution >= 4 is 22.5 Å². The van der Waals surface area contributed by atoms with Crippen molar-refractivity contribution < 1.29 is 8.42 Å². The molecule has 0 atom stereocenters. The van der Waals surface area contributed by atoms with Crippen molar-refractivity contribution in [3.8, 4) is 5.69 Å². The average Bonchev–Trinajstić information content (AvgIpc) is 2.65. The van der Waals surface area contributed by atoms with E-state index in [1.54, 1.807) is 48.5 Å². The molecule has 1 aromatic heterocycles. The Morgan fingerprint density at radius 2 is 1.78 bits per heavy atom. The lowest BCUT2D eigenvalue weighted by Gasteiger charge is -2.10. The highest BCUT2D eigenvalue weighted by atomic mass is 35.5. The fraction of sp³-hybridized carbons (Fsp3) is 0.118. The van der Waals surface area contributed by atoms with E-state index in [1.807, 2.05) is 0 Å². The summed E-state index contributed by atoms with van der Waals surface area (Å²) in [5.74, 6) is 0. The second-order valence-electron chi connectivity index (χ2n) is 5.65. The summed E-state index contributed by atoms with van der Waals surface area (Å²) in [6.07, 6.45) is 1.07. The van der Waals surface area contributed by atoms with Gasteiger partial charge in [-0.05, 0) is 35.4 Å². The van der Waals surface area contributed by atoms with Gasteiger partial charge in [0, 0.05) is 11.6 Å². The maximum absolute atomic E-state index is 12.8. The standard InChI is InChI=1S/C17H15ClN4O4S/c18-14-6-4-12(5-7-14)11-21-16(23)10-19-22(17(21)24)15-3-1-2-13(8-15)9-20-27(25)26/h1-8,10,27H,9,11H2,(H,20,25,26). The van der Waals surface area contributed by atoms with Crippen LogP contribution in [0.25, 0.3) is 5.69 Å². The normalized spacial score (nSPS) is 11.0. The molecule has 10 heteroatoms. The fourth-order valence-corrected chi connectivity index (χ4v) is 2.92. The highest BCUT2D eigenvalue weighted by Crippen LogP contribution is 2.10. The smallest absolute Gasteiger partial charge is 0.267 e. The number of halogens is 1. The van der Waals surface area contributed by atoms with E-state index in [-0.39, 0.29) is 13.1 Å². The van der Waals surface area contributed by atoms with Gasteiger partial charge in [-0.15, -0.1) is 0 Å². The molecule has 3 rings (SSSR count). The number of benzene rings is 2. The van der Waals surface area contributed by atoms with Crippen molar-refractivity contribution in [1.29, 1.82) is 0 Å². The molecule has 0 saturated carbocycles. The van der Waals surface area contributed by atoms with Crippen LogP contribution in [0.4, 0.5) is 0 Å². The number of aromatic nitrogens is 3. The Labute approximate surface area is 160 Å². The largest absolute Gasteiger partial charge is 0.352 e. The molecule has 0 aliphatic heterocycles. The van der Waals surface area contributed by atoms with Gasteiger partial charge in [0.15, 0.2) is 0 Å². The van der Waals surface area contributed by atoms with E-state index in [4.69, 9.17) is 11.6 Å². The Balaban J connectivity index is 1.98. The zero-order valence-electron chi connectivity index (χ0n) is 13.9. The Morgan fingerprint density at radius 3 is 2.48 bits per heavy atom. The van der Waals surface area contributed by atoms with Crippen LogP contribution in [0.5, 0.6) is 0 Å². The number of thiol groups is 1. The summed E-state index contributed by atoms with van der Waals surface area (Å²) in [7, 11) is -2.72. The number of hydrogen-bond acceptors (Lipinski definition) is 5. The molecule has 0 aliphatic rings. The van der Waals surface area contributed by atoms with Gasteiger partial charge in [0.05, 0.1) is 12.2 Å². The number of nitrogens with zero attached hydrogens (tertiary/aromatic N) is 3. The summed E-state index contributed by atoms with van der Waals surface area (Å²) in [6, 6.07) is 13.5. The monoisotopic (exact) mass is 406 g/mol. The number of nitrogens with one attached hydrogen (secondary N) is 1. The quantitative estimate of drug-likeness (QED) is 0.587. The van der Waals surface area contributed by atoms with Gasteiger partial charge in [-0.1, -0.05) is 35.9 Å². The van der Waals surface area contributed by atoms with E-state index >= 15 is 0 Å². The first kappa shape index (κ1) is 19.0. The summed E-state index contributed by atoms with van der Waals surface area (Å²) in [4.78, 5) is 24.9. The lowest BCUT2D eigenvalue weighted by molar-refractivity contribution is 0.601. The Morgan fingerprint density at radius 1 is 1.04 bits per heavy atom. The lowest BCUT2D eigenvalue weighted by Crippen LogP contribution is -2.40. The van der Waals surface area contributed by atoms with Gasteiger partial charge in [0.1, 0.15) is 6.20 Å². The van der Waals surface area contributed by atoms with Gasteiger partial charge in [-0.3, -0.25) is 9.36 Å². The van der Waals surface area contributed by atoms with Crippen molar-refractivity contribution in [2.45, 2.75) is 13.1 Å². The Kier molecular flexibility index (Phi) is 5.84. The van der Waals surface area contributed by atoms with Crippen molar-refractivity contribution in [1.82, 2.24) is 19.1 Å². The first-order valence-corrected chi connectivity index (χ1v) is 9.40. The maximum atomic E-state index is 12.8. The van der Waals surface area contributed by atoms with E-state index in [9.17, 15) is 18.0 Å². The molecule has 0 unspecified atom stereocenters. The van der Waals surface area contributed by atoms with E-state index in [1.165, 1.54) is 0 Å². The molecule has 140 valence electrons. The molecule has 0 saturated heterocycles. The Hall–Kier alpha value is -2.75. The van der Waals surface area contributed by atoms with Gasteiger partial charge >= 0.3 is 5.69 Å². The molecule has 0 spiro atoms. The molecular formula is C17H15ClN4O4S. The van der Waals surface area contributed by atoms with Gasteiger partial charge < -0.3 is 0 Å². The minimum absolute atomic E-state index is 0.0786. The van der Waals surface area contributed by atoms with Gasteiger partial charge in [-0.2, -0.15) is 9.78 Å². The summed E-state index contributed by atoms with van der Waals surface area (Å²) in [5.41, 5.74) is 0.694. The van der Waals surface area contributed by atoms with Gasteiger partial charge in [0.2, 0.25) is 10.9 Å². The van der Waals surface area contributed by atoms with Crippen LogP contribution in [0.3, 0.4) is 0 Å². The molecule has 2 aromatic carbocycles. The van der Waals surface area contributed by atoms with Crippen LogP contribution in [-0.4, -0.2) is 22.8 Å². The van der Waals surface area contributed by atoms with Crippen LogP contribution in [0.15, 0.2) is 64.3 Å². The van der Waals surface area contributed by atoms with E-state index < -0.39 is 22.1 Å². The zero-order chi connectivity index (χ0) is 19.4. The van der Waals surface area contributed by atoms with E-state index in [2.05, 4.69) is 9.82 Å². The second-order valence-corrected chi connectivity index (χ2v) is 6.92. The minimum Gasteiger partial charge on any atom is -0.267 e. The molecule has 0 amide bonds. The second kappa shape index (κ2) is 8.30. The molecule has 1 heterocycles. The van der Waals surface area contributed by atoms with Crippen molar-refractivity contribution in [2.24, 2.45) is 0 Å². The molecule has 8 nitrogen and oxygen atoms in total. The third kappa shape index (κ3) is 4.70. The molecule has 3 aromatic rings. The number of rotatable bonds is 6. The summed E-state index contributed by atoms with van der Waals surface area (Å²) in [5, 5.41) is 4.47. The maximum Gasteiger partial charge on any atom is 0.352 e. The lowest BCUT2D eigenvalue weighted by atomic mass is 10.2. The van der Waals surface area contributed by atoms with Crippen LogP contribution in [0, 0.1) is 0 Å². The molecule has 27 heavy (non-hydrogen) atoms. The predicted molar refractivity (Wildman–Crippen MR) is 102 cm³/mol. The number of hydrogen-bond donors (Lipinski definition) is 2. The van der Waals surface area contributed by atoms with Crippen LogP contribution in [0.1, 0.15) is 11.1 Å². The summed E-state index contributed by atoms with van der Waals surface area (Å²) < 4.78 is 25.8. The zero-order valence-corrected chi connectivity index (χ0v) is 15.6. The fourth-order valence-electron chi connectivity index (χ4n) is 2.48. The third-order valence-electron chi connectivity index (χ3n) is 3.78. The first-order chi connectivity index (χ1) is 12.9. The molecule has 0 radical (unpaired) electrons. The molecular weight excluding hydrogens is 392 g/mol.